The average Bonchev–Trinajstić information content (AvgIpc) is 2.89. The molecular weight excluding hydrogens is 310 g/mol. The van der Waals surface area contributed by atoms with Crippen molar-refractivity contribution in [1.82, 2.24) is 4.90 Å². The Bertz CT molecular complexity index is 684. The summed E-state index contributed by atoms with van der Waals surface area (Å²) in [5.41, 5.74) is 3.60. The highest BCUT2D eigenvalue weighted by molar-refractivity contribution is 5.81. The van der Waals surface area contributed by atoms with Gasteiger partial charge < -0.3 is 14.7 Å². The van der Waals surface area contributed by atoms with Crippen molar-refractivity contribution in [2.75, 3.05) is 49.6 Å². The van der Waals surface area contributed by atoms with Crippen molar-refractivity contribution in [1.29, 1.82) is 0 Å². The van der Waals surface area contributed by atoms with Gasteiger partial charge in [-0.3, -0.25) is 4.79 Å². The third-order valence-corrected chi connectivity index (χ3v) is 4.82. The molecule has 1 heterocycles. The van der Waals surface area contributed by atoms with Crippen LogP contribution in [0.3, 0.4) is 0 Å². The smallest absolute Gasteiger partial charge is 0.242 e. The highest BCUT2D eigenvalue weighted by atomic mass is 16.2. The number of carbonyl (C=O) groups excluding carboxylic acids is 1. The topological polar surface area (TPSA) is 26.8 Å². The average molecular weight is 337 g/mol. The standard InChI is InChI=1S/C21H27N3O/c1-18-9-11-20(12-10-18)23-13-6-14-24(16-15-23)21(25)17-22(2)19-7-4-3-5-8-19/h3-5,7-12H,6,13-17H2,1-2H3. The number of benzene rings is 2. The van der Waals surface area contributed by atoms with Gasteiger partial charge in [-0.15, -0.1) is 0 Å². The number of hydrogen-bond acceptors (Lipinski definition) is 3. The van der Waals surface area contributed by atoms with Crippen LogP contribution in [-0.4, -0.2) is 50.6 Å². The van der Waals surface area contributed by atoms with E-state index in [0.717, 1.165) is 38.3 Å². The van der Waals surface area contributed by atoms with Crippen molar-refractivity contribution < 1.29 is 4.79 Å². The van der Waals surface area contributed by atoms with Crippen LogP contribution in [0.1, 0.15) is 12.0 Å². The summed E-state index contributed by atoms with van der Waals surface area (Å²) in [7, 11) is 1.98. The molecule has 1 amide bonds. The molecule has 4 heteroatoms. The zero-order chi connectivity index (χ0) is 17.6. The lowest BCUT2D eigenvalue weighted by Crippen LogP contribution is -2.41. The molecule has 132 valence electrons. The molecule has 0 bridgehead atoms. The molecule has 0 aromatic heterocycles. The van der Waals surface area contributed by atoms with E-state index in [4.69, 9.17) is 0 Å². The number of carbonyl (C=O) groups is 1. The van der Waals surface area contributed by atoms with Crippen molar-refractivity contribution in [2.24, 2.45) is 0 Å². The summed E-state index contributed by atoms with van der Waals surface area (Å²) < 4.78 is 0. The van der Waals surface area contributed by atoms with Gasteiger partial charge in [0.05, 0.1) is 6.54 Å². The molecule has 1 aliphatic heterocycles. The summed E-state index contributed by atoms with van der Waals surface area (Å²) in [5.74, 6) is 0.206. The van der Waals surface area contributed by atoms with Crippen LogP contribution < -0.4 is 9.80 Å². The first-order valence-electron chi connectivity index (χ1n) is 8.99. The molecule has 0 radical (unpaired) electrons. The first kappa shape index (κ1) is 17.3. The Labute approximate surface area is 150 Å². The summed E-state index contributed by atoms with van der Waals surface area (Å²) in [6.07, 6.45) is 1.01. The Kier molecular flexibility index (Phi) is 5.59. The van der Waals surface area contributed by atoms with Crippen LogP contribution >= 0.6 is 0 Å². The molecule has 2 aromatic carbocycles. The lowest BCUT2D eigenvalue weighted by Gasteiger charge is -2.26. The van der Waals surface area contributed by atoms with E-state index >= 15 is 0 Å². The van der Waals surface area contributed by atoms with Gasteiger partial charge in [-0.2, -0.15) is 0 Å². The molecule has 0 unspecified atom stereocenters. The third kappa shape index (κ3) is 4.53. The summed E-state index contributed by atoms with van der Waals surface area (Å²) in [5, 5.41) is 0. The summed E-state index contributed by atoms with van der Waals surface area (Å²) in [4.78, 5) is 19.1. The van der Waals surface area contributed by atoms with Crippen LogP contribution in [0.4, 0.5) is 11.4 Å². The van der Waals surface area contributed by atoms with Crippen molar-refractivity contribution in [3.05, 3.63) is 60.2 Å². The second-order valence-corrected chi connectivity index (χ2v) is 6.75. The zero-order valence-corrected chi connectivity index (χ0v) is 15.2. The molecule has 25 heavy (non-hydrogen) atoms. The first-order chi connectivity index (χ1) is 12.1. The Hall–Kier alpha value is -2.49. The molecule has 1 fully saturated rings. The zero-order valence-electron chi connectivity index (χ0n) is 15.2. The number of nitrogens with zero attached hydrogens (tertiary/aromatic N) is 3. The minimum atomic E-state index is 0.206. The highest BCUT2D eigenvalue weighted by Crippen LogP contribution is 2.18. The van der Waals surface area contributed by atoms with Crippen molar-refractivity contribution in [2.45, 2.75) is 13.3 Å². The van der Waals surface area contributed by atoms with Crippen LogP contribution in [-0.2, 0) is 4.79 Å². The maximum atomic E-state index is 12.7. The van der Waals surface area contributed by atoms with Gasteiger partial charge in [-0.25, -0.2) is 0 Å². The molecule has 1 saturated heterocycles. The second-order valence-electron chi connectivity index (χ2n) is 6.75. The monoisotopic (exact) mass is 337 g/mol. The van der Waals surface area contributed by atoms with Crippen LogP contribution in [0, 0.1) is 6.92 Å². The number of para-hydroxylation sites is 1. The maximum Gasteiger partial charge on any atom is 0.242 e. The SMILES string of the molecule is Cc1ccc(N2CCCN(C(=O)CN(C)c3ccccc3)CC2)cc1. The lowest BCUT2D eigenvalue weighted by molar-refractivity contribution is -0.129. The molecule has 0 saturated carbocycles. The van der Waals surface area contributed by atoms with Gasteiger partial charge >= 0.3 is 0 Å². The van der Waals surface area contributed by atoms with Crippen LogP contribution in [0.25, 0.3) is 0 Å². The van der Waals surface area contributed by atoms with E-state index < -0.39 is 0 Å². The highest BCUT2D eigenvalue weighted by Gasteiger charge is 2.20. The summed E-state index contributed by atoms with van der Waals surface area (Å²) in [6.45, 7) is 6.05. The maximum absolute atomic E-state index is 12.7. The van der Waals surface area contributed by atoms with Gasteiger partial charge in [0, 0.05) is 44.6 Å². The molecule has 0 N–H and O–H groups in total. The number of aryl methyl sites for hydroxylation is 1. The molecule has 0 aliphatic carbocycles. The Morgan fingerprint density at radius 1 is 0.960 bits per heavy atom. The predicted octanol–water partition coefficient (Wildman–Crippen LogP) is 3.17. The van der Waals surface area contributed by atoms with E-state index in [1.807, 2.05) is 47.2 Å². The third-order valence-electron chi connectivity index (χ3n) is 4.82. The lowest BCUT2D eigenvalue weighted by atomic mass is 10.2. The quantitative estimate of drug-likeness (QED) is 0.857. The number of hydrogen-bond donors (Lipinski definition) is 0. The minimum Gasteiger partial charge on any atom is -0.370 e. The number of anilines is 2. The fourth-order valence-electron chi connectivity index (χ4n) is 3.26. The van der Waals surface area contributed by atoms with E-state index in [1.54, 1.807) is 0 Å². The van der Waals surface area contributed by atoms with E-state index in [2.05, 4.69) is 36.1 Å². The number of rotatable bonds is 4. The fraction of sp³-hybridized carbons (Fsp3) is 0.381. The van der Waals surface area contributed by atoms with Crippen molar-refractivity contribution in [3.8, 4) is 0 Å². The van der Waals surface area contributed by atoms with Gasteiger partial charge in [0.15, 0.2) is 0 Å². The number of likely N-dealkylation sites (N-methyl/N-ethyl adjacent to an activating group) is 1. The molecule has 0 atom stereocenters. The van der Waals surface area contributed by atoms with E-state index in [-0.39, 0.29) is 5.91 Å². The molecular formula is C21H27N3O. The van der Waals surface area contributed by atoms with E-state index in [0.29, 0.717) is 6.54 Å². The van der Waals surface area contributed by atoms with Crippen LogP contribution in [0.5, 0.6) is 0 Å². The van der Waals surface area contributed by atoms with Gasteiger partial charge in [0.25, 0.3) is 0 Å². The van der Waals surface area contributed by atoms with E-state index in [1.165, 1.54) is 11.3 Å². The van der Waals surface area contributed by atoms with Crippen LogP contribution in [0.15, 0.2) is 54.6 Å². The Morgan fingerprint density at radius 3 is 2.40 bits per heavy atom. The normalized spacial score (nSPS) is 15.0. The molecule has 1 aliphatic rings. The molecule has 3 rings (SSSR count). The summed E-state index contributed by atoms with van der Waals surface area (Å²) in [6, 6.07) is 18.7. The van der Waals surface area contributed by atoms with Gasteiger partial charge in [-0.05, 0) is 37.6 Å². The van der Waals surface area contributed by atoms with Crippen molar-refractivity contribution in [3.63, 3.8) is 0 Å². The van der Waals surface area contributed by atoms with Gasteiger partial charge in [0.2, 0.25) is 5.91 Å². The van der Waals surface area contributed by atoms with Gasteiger partial charge in [-0.1, -0.05) is 35.9 Å². The minimum absolute atomic E-state index is 0.206. The van der Waals surface area contributed by atoms with E-state index in [9.17, 15) is 4.79 Å². The Morgan fingerprint density at radius 2 is 1.68 bits per heavy atom. The van der Waals surface area contributed by atoms with Gasteiger partial charge in [0.1, 0.15) is 0 Å². The predicted molar refractivity (Wildman–Crippen MR) is 104 cm³/mol. The first-order valence-corrected chi connectivity index (χ1v) is 8.99. The molecule has 4 nitrogen and oxygen atoms in total. The van der Waals surface area contributed by atoms with Crippen LogP contribution in [0.2, 0.25) is 0 Å². The largest absolute Gasteiger partial charge is 0.370 e. The molecule has 2 aromatic rings. The second kappa shape index (κ2) is 8.06. The Balaban J connectivity index is 1.57. The summed E-state index contributed by atoms with van der Waals surface area (Å²) >= 11 is 0. The van der Waals surface area contributed by atoms with Crippen molar-refractivity contribution >= 4 is 17.3 Å². The fourth-order valence-corrected chi connectivity index (χ4v) is 3.26. The number of amides is 1. The molecule has 0 spiro atoms.